The highest BCUT2D eigenvalue weighted by molar-refractivity contribution is 5.93. The molecule has 2 aliphatic rings. The third kappa shape index (κ3) is 2.87. The summed E-state index contributed by atoms with van der Waals surface area (Å²) in [6.45, 7) is 4.80. The first-order chi connectivity index (χ1) is 11.3. The van der Waals surface area contributed by atoms with Gasteiger partial charge in [0, 0.05) is 38.3 Å². The zero-order valence-corrected chi connectivity index (χ0v) is 13.0. The van der Waals surface area contributed by atoms with E-state index in [1.807, 2.05) is 30.3 Å². The highest BCUT2D eigenvalue weighted by Crippen LogP contribution is 2.33. The largest absolute Gasteiger partial charge is 0.438 e. The average Bonchev–Trinajstić information content (AvgIpc) is 2.94. The molecule has 118 valence electrons. The Kier molecular flexibility index (Phi) is 3.85. The second-order valence-corrected chi connectivity index (χ2v) is 6.14. The summed E-state index contributed by atoms with van der Waals surface area (Å²) >= 11 is 0. The second kappa shape index (κ2) is 6.14. The number of piperazine rings is 1. The van der Waals surface area contributed by atoms with Crippen molar-refractivity contribution in [2.45, 2.75) is 12.8 Å². The zero-order valence-electron chi connectivity index (χ0n) is 13.0. The average molecular weight is 308 g/mol. The number of cyclic esters (lactones) is 1. The van der Waals surface area contributed by atoms with Gasteiger partial charge in [0.15, 0.2) is 6.23 Å². The molecule has 1 fully saturated rings. The van der Waals surface area contributed by atoms with E-state index in [1.54, 1.807) is 0 Å². The van der Waals surface area contributed by atoms with E-state index in [-0.39, 0.29) is 12.2 Å². The molecule has 2 heterocycles. The van der Waals surface area contributed by atoms with Crippen LogP contribution in [0.4, 0.5) is 0 Å². The summed E-state index contributed by atoms with van der Waals surface area (Å²) in [7, 11) is 0. The van der Waals surface area contributed by atoms with E-state index in [2.05, 4.69) is 34.1 Å². The topological polar surface area (TPSA) is 32.8 Å². The van der Waals surface area contributed by atoms with E-state index in [0.29, 0.717) is 5.56 Å². The molecule has 0 aliphatic carbocycles. The van der Waals surface area contributed by atoms with Crippen LogP contribution in [0, 0.1) is 0 Å². The van der Waals surface area contributed by atoms with Gasteiger partial charge in [-0.1, -0.05) is 48.5 Å². The third-order valence-electron chi connectivity index (χ3n) is 4.65. The van der Waals surface area contributed by atoms with Crippen molar-refractivity contribution in [3.8, 4) is 0 Å². The second-order valence-electron chi connectivity index (χ2n) is 6.14. The van der Waals surface area contributed by atoms with Gasteiger partial charge in [0.1, 0.15) is 0 Å². The molecule has 2 aliphatic heterocycles. The van der Waals surface area contributed by atoms with Gasteiger partial charge in [-0.2, -0.15) is 0 Å². The Bertz CT molecular complexity index is 694. The molecule has 2 aromatic rings. The molecule has 2 aromatic carbocycles. The lowest BCUT2D eigenvalue weighted by Crippen LogP contribution is -2.47. The third-order valence-corrected chi connectivity index (χ3v) is 4.65. The monoisotopic (exact) mass is 308 g/mol. The quantitative estimate of drug-likeness (QED) is 0.816. The Balaban J connectivity index is 1.40. The van der Waals surface area contributed by atoms with Gasteiger partial charge < -0.3 is 4.74 Å². The van der Waals surface area contributed by atoms with Crippen molar-refractivity contribution in [3.05, 3.63) is 71.3 Å². The Hall–Kier alpha value is -2.17. The number of hydrogen-bond acceptors (Lipinski definition) is 4. The van der Waals surface area contributed by atoms with E-state index in [9.17, 15) is 4.79 Å². The minimum Gasteiger partial charge on any atom is -0.438 e. The van der Waals surface area contributed by atoms with Gasteiger partial charge in [-0.15, -0.1) is 0 Å². The number of carbonyl (C=O) groups excluding carboxylic acids is 1. The summed E-state index contributed by atoms with van der Waals surface area (Å²) in [6.07, 6.45) is -0.211. The van der Waals surface area contributed by atoms with E-state index in [4.69, 9.17) is 4.74 Å². The van der Waals surface area contributed by atoms with Crippen LogP contribution in [0.2, 0.25) is 0 Å². The number of esters is 1. The highest BCUT2D eigenvalue weighted by atomic mass is 16.6. The predicted molar refractivity (Wildman–Crippen MR) is 87.9 cm³/mol. The Morgan fingerprint density at radius 1 is 0.913 bits per heavy atom. The molecule has 4 rings (SSSR count). The molecule has 23 heavy (non-hydrogen) atoms. The minimum absolute atomic E-state index is 0.197. The number of rotatable bonds is 3. The van der Waals surface area contributed by atoms with E-state index in [0.717, 1.165) is 38.3 Å². The molecule has 1 atom stereocenters. The molecule has 0 saturated carbocycles. The normalized spacial score (nSPS) is 21.9. The van der Waals surface area contributed by atoms with Crippen molar-refractivity contribution >= 4 is 5.97 Å². The summed E-state index contributed by atoms with van der Waals surface area (Å²) < 4.78 is 5.59. The molecular weight excluding hydrogens is 288 g/mol. The SMILES string of the molecule is O=C1O[C@@H](N2CCN(Cc3ccccc3)CC2)c2ccccc21. The van der Waals surface area contributed by atoms with Gasteiger partial charge in [0.05, 0.1) is 5.56 Å². The summed E-state index contributed by atoms with van der Waals surface area (Å²) in [4.78, 5) is 16.7. The molecule has 0 unspecified atom stereocenters. The number of ether oxygens (including phenoxy) is 1. The summed E-state index contributed by atoms with van der Waals surface area (Å²) in [6, 6.07) is 18.3. The molecule has 0 N–H and O–H groups in total. The fraction of sp³-hybridized carbons (Fsp3) is 0.316. The minimum atomic E-state index is -0.211. The molecule has 4 nitrogen and oxygen atoms in total. The Morgan fingerprint density at radius 3 is 2.39 bits per heavy atom. The van der Waals surface area contributed by atoms with Gasteiger partial charge in [0.2, 0.25) is 0 Å². The van der Waals surface area contributed by atoms with Crippen LogP contribution in [-0.2, 0) is 11.3 Å². The molecule has 0 spiro atoms. The predicted octanol–water partition coefficient (Wildman–Crippen LogP) is 2.67. The fourth-order valence-electron chi connectivity index (χ4n) is 3.40. The maximum absolute atomic E-state index is 12.0. The molecule has 0 bridgehead atoms. The molecular formula is C19H20N2O2. The van der Waals surface area contributed by atoms with Crippen molar-refractivity contribution in [1.82, 2.24) is 9.80 Å². The Morgan fingerprint density at radius 2 is 1.61 bits per heavy atom. The number of fused-ring (bicyclic) bond motifs is 1. The number of benzene rings is 2. The van der Waals surface area contributed by atoms with Crippen LogP contribution in [-0.4, -0.2) is 41.9 Å². The highest BCUT2D eigenvalue weighted by Gasteiger charge is 2.36. The lowest BCUT2D eigenvalue weighted by Gasteiger charge is -2.37. The molecule has 4 heteroatoms. The van der Waals surface area contributed by atoms with Gasteiger partial charge in [-0.3, -0.25) is 9.80 Å². The zero-order chi connectivity index (χ0) is 15.6. The van der Waals surface area contributed by atoms with Crippen molar-refractivity contribution in [2.24, 2.45) is 0 Å². The fourth-order valence-corrected chi connectivity index (χ4v) is 3.40. The van der Waals surface area contributed by atoms with Crippen LogP contribution in [0.15, 0.2) is 54.6 Å². The van der Waals surface area contributed by atoms with Crippen LogP contribution in [0.1, 0.15) is 27.7 Å². The van der Waals surface area contributed by atoms with Gasteiger partial charge in [-0.05, 0) is 11.6 Å². The first-order valence-electron chi connectivity index (χ1n) is 8.11. The van der Waals surface area contributed by atoms with Crippen molar-refractivity contribution in [2.75, 3.05) is 26.2 Å². The lowest BCUT2D eigenvalue weighted by atomic mass is 10.1. The van der Waals surface area contributed by atoms with Crippen molar-refractivity contribution in [1.29, 1.82) is 0 Å². The van der Waals surface area contributed by atoms with Crippen molar-refractivity contribution < 1.29 is 9.53 Å². The first kappa shape index (κ1) is 14.4. The van der Waals surface area contributed by atoms with Crippen molar-refractivity contribution in [3.63, 3.8) is 0 Å². The molecule has 0 aromatic heterocycles. The molecule has 1 saturated heterocycles. The lowest BCUT2D eigenvalue weighted by molar-refractivity contribution is -0.0419. The van der Waals surface area contributed by atoms with E-state index in [1.165, 1.54) is 5.56 Å². The summed E-state index contributed by atoms with van der Waals surface area (Å²) in [5.74, 6) is -0.197. The van der Waals surface area contributed by atoms with E-state index >= 15 is 0 Å². The van der Waals surface area contributed by atoms with Crippen LogP contribution in [0.3, 0.4) is 0 Å². The number of nitrogens with zero attached hydrogens (tertiary/aromatic N) is 2. The standard InChI is InChI=1S/C19H20N2O2/c22-19-17-9-5-4-8-16(17)18(23-19)21-12-10-20(11-13-21)14-15-6-2-1-3-7-15/h1-9,18H,10-14H2/t18-/m1/s1. The number of hydrogen-bond donors (Lipinski definition) is 0. The van der Waals surface area contributed by atoms with Gasteiger partial charge in [-0.25, -0.2) is 4.79 Å². The van der Waals surface area contributed by atoms with Crippen LogP contribution < -0.4 is 0 Å². The maximum atomic E-state index is 12.0. The van der Waals surface area contributed by atoms with Gasteiger partial charge >= 0.3 is 5.97 Å². The first-order valence-corrected chi connectivity index (χ1v) is 8.11. The van der Waals surface area contributed by atoms with Crippen LogP contribution in [0.5, 0.6) is 0 Å². The maximum Gasteiger partial charge on any atom is 0.340 e. The molecule has 0 amide bonds. The van der Waals surface area contributed by atoms with Gasteiger partial charge in [0.25, 0.3) is 0 Å². The smallest absolute Gasteiger partial charge is 0.340 e. The summed E-state index contributed by atoms with van der Waals surface area (Å²) in [5, 5.41) is 0. The molecule has 0 radical (unpaired) electrons. The van der Waals surface area contributed by atoms with Crippen LogP contribution >= 0.6 is 0 Å². The summed E-state index contributed by atoms with van der Waals surface area (Å²) in [5.41, 5.74) is 3.07. The van der Waals surface area contributed by atoms with Crippen LogP contribution in [0.25, 0.3) is 0 Å². The number of carbonyl (C=O) groups is 1. The Labute approximate surface area is 136 Å². The van der Waals surface area contributed by atoms with E-state index < -0.39 is 0 Å².